The third kappa shape index (κ3) is 5.28. The molecule has 3 rings (SSSR count). The smallest absolute Gasteiger partial charge is 0.233 e. The van der Waals surface area contributed by atoms with Crippen LogP contribution in [0.2, 0.25) is 0 Å². The second-order valence-corrected chi connectivity index (χ2v) is 11.6. The minimum absolute atomic E-state index is 0.0932. The van der Waals surface area contributed by atoms with E-state index in [2.05, 4.69) is 0 Å². The highest BCUT2D eigenvalue weighted by Crippen LogP contribution is 2.34. The number of hydrogen-bond donors (Lipinski definition) is 0. The molecular formula is C23H29N3O4S2. The van der Waals surface area contributed by atoms with Gasteiger partial charge in [0.25, 0.3) is 0 Å². The van der Waals surface area contributed by atoms with Gasteiger partial charge in [-0.05, 0) is 57.8 Å². The summed E-state index contributed by atoms with van der Waals surface area (Å²) in [4.78, 5) is 21.9. The summed E-state index contributed by atoms with van der Waals surface area (Å²) in [5, 5.41) is 0.128. The van der Waals surface area contributed by atoms with Crippen molar-refractivity contribution in [3.63, 3.8) is 0 Å². The number of rotatable bonds is 9. The van der Waals surface area contributed by atoms with E-state index in [1.54, 1.807) is 50.1 Å². The van der Waals surface area contributed by atoms with Crippen LogP contribution >= 0.6 is 11.3 Å². The number of fused-ring (bicyclic) bond motifs is 1. The fraction of sp³-hybridized carbons (Fsp3) is 0.391. The number of para-hydroxylation sites is 1. The average molecular weight is 476 g/mol. The topological polar surface area (TPSA) is 79.8 Å². The minimum Gasteiger partial charge on any atom is -0.494 e. The Morgan fingerprint density at radius 2 is 1.78 bits per heavy atom. The maximum Gasteiger partial charge on any atom is 0.233 e. The van der Waals surface area contributed by atoms with Crippen LogP contribution in [0.4, 0.5) is 5.13 Å². The lowest BCUT2D eigenvalue weighted by Gasteiger charge is -2.22. The van der Waals surface area contributed by atoms with Crippen molar-refractivity contribution >= 4 is 42.4 Å². The molecule has 1 amide bonds. The van der Waals surface area contributed by atoms with E-state index in [4.69, 9.17) is 9.72 Å². The Morgan fingerprint density at radius 1 is 1.09 bits per heavy atom. The maximum atomic E-state index is 13.3. The molecule has 0 spiro atoms. The number of amides is 1. The highest BCUT2D eigenvalue weighted by Gasteiger charge is 2.22. The van der Waals surface area contributed by atoms with E-state index < -0.39 is 15.1 Å². The molecule has 1 aromatic heterocycles. The summed E-state index contributed by atoms with van der Waals surface area (Å²) in [5.74, 6) is 0.580. The summed E-state index contributed by atoms with van der Waals surface area (Å²) in [6, 6.07) is 12.3. The summed E-state index contributed by atoms with van der Waals surface area (Å²) >= 11 is 1.45. The second-order valence-electron chi connectivity index (χ2n) is 8.07. The van der Waals surface area contributed by atoms with Gasteiger partial charge in [0.15, 0.2) is 15.0 Å². The summed E-state index contributed by atoms with van der Waals surface area (Å²) in [5.41, 5.74) is 1.49. The van der Waals surface area contributed by atoms with Crippen LogP contribution < -0.4 is 9.64 Å². The third-order valence-electron chi connectivity index (χ3n) is 5.12. The van der Waals surface area contributed by atoms with Crippen molar-refractivity contribution in [2.75, 3.05) is 39.2 Å². The number of nitrogens with zero attached hydrogens (tertiary/aromatic N) is 3. The molecule has 7 nitrogen and oxygen atoms in total. The molecule has 0 N–H and O–H groups in total. The van der Waals surface area contributed by atoms with Crippen LogP contribution in [0.5, 0.6) is 5.75 Å². The van der Waals surface area contributed by atoms with Gasteiger partial charge in [-0.1, -0.05) is 29.5 Å². The first-order chi connectivity index (χ1) is 15.1. The van der Waals surface area contributed by atoms with Gasteiger partial charge in [0.05, 0.1) is 28.4 Å². The summed E-state index contributed by atoms with van der Waals surface area (Å²) in [7, 11) is 2.17. The molecule has 0 aliphatic rings. The molecule has 172 valence electrons. The Bertz CT molecular complexity index is 1190. The molecule has 0 atom stereocenters. The molecule has 0 fully saturated rings. The molecule has 2 aromatic carbocycles. The van der Waals surface area contributed by atoms with E-state index in [0.29, 0.717) is 24.0 Å². The van der Waals surface area contributed by atoms with Gasteiger partial charge in [0.2, 0.25) is 5.91 Å². The number of sulfone groups is 1. The zero-order chi connectivity index (χ0) is 23.5. The van der Waals surface area contributed by atoms with E-state index in [1.165, 1.54) is 11.3 Å². The fourth-order valence-corrected chi connectivity index (χ4v) is 5.24. The number of aromatic nitrogens is 1. The lowest BCUT2D eigenvalue weighted by Crippen LogP contribution is -2.37. The van der Waals surface area contributed by atoms with E-state index in [-0.39, 0.29) is 17.2 Å². The highest BCUT2D eigenvalue weighted by molar-refractivity contribution is 7.92. The number of benzene rings is 2. The van der Waals surface area contributed by atoms with Crippen molar-refractivity contribution in [3.8, 4) is 5.75 Å². The summed E-state index contributed by atoms with van der Waals surface area (Å²) < 4.78 is 31.1. The van der Waals surface area contributed by atoms with E-state index in [0.717, 1.165) is 15.8 Å². The van der Waals surface area contributed by atoms with Crippen LogP contribution in [0.15, 0.2) is 47.4 Å². The summed E-state index contributed by atoms with van der Waals surface area (Å²) in [6.07, 6.45) is 0.155. The molecule has 1 heterocycles. The Hall–Kier alpha value is -2.49. The fourth-order valence-electron chi connectivity index (χ4n) is 3.16. The molecule has 3 aromatic rings. The van der Waals surface area contributed by atoms with Crippen molar-refractivity contribution in [1.82, 2.24) is 9.88 Å². The number of carbonyl (C=O) groups is 1. The summed E-state index contributed by atoms with van der Waals surface area (Å²) in [6.45, 7) is 4.49. The van der Waals surface area contributed by atoms with Gasteiger partial charge in [-0.2, -0.15) is 0 Å². The van der Waals surface area contributed by atoms with E-state index in [1.807, 2.05) is 37.2 Å². The first-order valence-electron chi connectivity index (χ1n) is 10.3. The molecule has 0 saturated carbocycles. The van der Waals surface area contributed by atoms with Crippen molar-refractivity contribution in [1.29, 1.82) is 0 Å². The largest absolute Gasteiger partial charge is 0.494 e. The molecular weight excluding hydrogens is 446 g/mol. The van der Waals surface area contributed by atoms with Gasteiger partial charge in [-0.15, -0.1) is 0 Å². The first-order valence-corrected chi connectivity index (χ1v) is 12.7. The normalized spacial score (nSPS) is 12.0. The van der Waals surface area contributed by atoms with Crippen molar-refractivity contribution in [3.05, 3.63) is 48.0 Å². The predicted molar refractivity (Wildman–Crippen MR) is 130 cm³/mol. The number of ether oxygens (including phenoxy) is 1. The number of likely N-dealkylation sites (N-methyl/N-ethyl adjacent to an activating group) is 1. The molecule has 32 heavy (non-hydrogen) atoms. The Labute approximate surface area is 193 Å². The number of thiazole rings is 1. The molecule has 0 unspecified atom stereocenters. The molecule has 0 bridgehead atoms. The number of anilines is 1. The SMILES string of the molecule is COc1cccc2sc(N(CCN(C)C)C(=O)Cc3ccc(S(=O)(=O)C(C)C)cc3)nc12. The van der Waals surface area contributed by atoms with Crippen LogP contribution in [-0.4, -0.2) is 63.8 Å². The van der Waals surface area contributed by atoms with Crippen LogP contribution in [0, 0.1) is 0 Å². The van der Waals surface area contributed by atoms with E-state index in [9.17, 15) is 13.2 Å². The molecule has 0 saturated heterocycles. The van der Waals surface area contributed by atoms with Gasteiger partial charge >= 0.3 is 0 Å². The Balaban J connectivity index is 1.87. The van der Waals surface area contributed by atoms with Gasteiger partial charge in [-0.3, -0.25) is 9.69 Å². The quantitative estimate of drug-likeness (QED) is 0.470. The van der Waals surface area contributed by atoms with Crippen LogP contribution in [0.3, 0.4) is 0 Å². The van der Waals surface area contributed by atoms with Crippen LogP contribution in [0.25, 0.3) is 10.2 Å². The van der Waals surface area contributed by atoms with Gasteiger partial charge in [0.1, 0.15) is 11.3 Å². The first kappa shape index (κ1) is 24.2. The lowest BCUT2D eigenvalue weighted by atomic mass is 10.1. The minimum atomic E-state index is -3.34. The van der Waals surface area contributed by atoms with Crippen LogP contribution in [0.1, 0.15) is 19.4 Å². The number of methoxy groups -OCH3 is 1. The van der Waals surface area contributed by atoms with Gasteiger partial charge in [-0.25, -0.2) is 13.4 Å². The molecule has 0 aliphatic heterocycles. The predicted octanol–water partition coefficient (Wildman–Crippen LogP) is 3.62. The van der Waals surface area contributed by atoms with Crippen molar-refractivity contribution in [2.24, 2.45) is 0 Å². The maximum absolute atomic E-state index is 13.3. The molecule has 9 heteroatoms. The zero-order valence-corrected chi connectivity index (χ0v) is 20.7. The van der Waals surface area contributed by atoms with Gasteiger partial charge in [0, 0.05) is 13.1 Å². The zero-order valence-electron chi connectivity index (χ0n) is 19.0. The number of carbonyl (C=O) groups excluding carboxylic acids is 1. The number of hydrogen-bond acceptors (Lipinski definition) is 7. The average Bonchev–Trinajstić information content (AvgIpc) is 3.17. The Kier molecular flexibility index (Phi) is 7.53. The van der Waals surface area contributed by atoms with Gasteiger partial charge < -0.3 is 9.64 Å². The standard InChI is InChI=1S/C23H29N3O4S2/c1-16(2)32(28,29)18-11-9-17(10-12-18)15-21(27)26(14-13-25(3)4)23-24-22-19(30-5)7-6-8-20(22)31-23/h6-12,16H,13-15H2,1-5H3. The molecule has 0 aliphatic carbocycles. The van der Waals surface area contributed by atoms with Crippen molar-refractivity contribution in [2.45, 2.75) is 30.4 Å². The Morgan fingerprint density at radius 3 is 2.38 bits per heavy atom. The molecule has 0 radical (unpaired) electrons. The monoisotopic (exact) mass is 475 g/mol. The van der Waals surface area contributed by atoms with E-state index >= 15 is 0 Å². The second kappa shape index (κ2) is 9.97. The van der Waals surface area contributed by atoms with Crippen molar-refractivity contribution < 1.29 is 17.9 Å². The highest BCUT2D eigenvalue weighted by atomic mass is 32.2. The lowest BCUT2D eigenvalue weighted by molar-refractivity contribution is -0.118. The van der Waals surface area contributed by atoms with Crippen LogP contribution in [-0.2, 0) is 21.1 Å². The third-order valence-corrected chi connectivity index (χ3v) is 8.34.